The van der Waals surface area contributed by atoms with Gasteiger partial charge in [0.15, 0.2) is 0 Å². The van der Waals surface area contributed by atoms with Gasteiger partial charge in [-0.3, -0.25) is 0 Å². The van der Waals surface area contributed by atoms with E-state index < -0.39 is 0 Å². The molecule has 0 aromatic heterocycles. The molecule has 2 heteroatoms. The molecule has 0 unspecified atom stereocenters. The highest BCUT2D eigenvalue weighted by Crippen LogP contribution is 2.38. The third-order valence-corrected chi connectivity index (χ3v) is 3.54. The van der Waals surface area contributed by atoms with Gasteiger partial charge in [0.1, 0.15) is 0 Å². The van der Waals surface area contributed by atoms with E-state index >= 15 is 0 Å². The van der Waals surface area contributed by atoms with E-state index in [9.17, 15) is 0 Å². The maximum Gasteiger partial charge on any atom is 0.0431 e. The van der Waals surface area contributed by atoms with Crippen LogP contribution in [-0.2, 0) is 0 Å². The fourth-order valence-corrected chi connectivity index (χ4v) is 2.37. The predicted molar refractivity (Wildman–Crippen MR) is 64.9 cm³/mol. The van der Waals surface area contributed by atoms with Crippen molar-refractivity contribution in [1.82, 2.24) is 0 Å². The van der Waals surface area contributed by atoms with Gasteiger partial charge < -0.3 is 10.2 Å². The first-order valence-corrected chi connectivity index (χ1v) is 6.46. The van der Waals surface area contributed by atoms with Crippen LogP contribution >= 0.6 is 0 Å². The van der Waals surface area contributed by atoms with Crippen LogP contribution in [0.25, 0.3) is 0 Å². The lowest BCUT2D eigenvalue weighted by Crippen LogP contribution is -2.21. The number of hydrogen-bond donors (Lipinski definition) is 2. The second-order valence-electron chi connectivity index (χ2n) is 4.61. The Labute approximate surface area is 94.7 Å². The van der Waals surface area contributed by atoms with Crippen LogP contribution in [-0.4, -0.2) is 23.4 Å². The summed E-state index contributed by atoms with van der Waals surface area (Å²) in [6, 6.07) is 0. The number of aliphatic hydroxyl groups is 2. The normalized spacial score (nSPS) is 12.0. The second-order valence-corrected chi connectivity index (χ2v) is 4.61. The molecular weight excluding hydrogens is 188 g/mol. The summed E-state index contributed by atoms with van der Waals surface area (Å²) in [5.41, 5.74) is 0.376. The standard InChI is InChI=1S/C13H28O2/c1-3-5-8-13(4-2,9-6-11-14)10-7-12-15/h14-15H,3-12H2,1-2H3. The quantitative estimate of drug-likeness (QED) is 0.589. The summed E-state index contributed by atoms with van der Waals surface area (Å²) in [7, 11) is 0. The SMILES string of the molecule is CCCCC(CC)(CCCO)CCCO. The fourth-order valence-electron chi connectivity index (χ4n) is 2.37. The van der Waals surface area contributed by atoms with Crippen molar-refractivity contribution < 1.29 is 10.2 Å². The molecule has 0 aliphatic heterocycles. The van der Waals surface area contributed by atoms with Gasteiger partial charge in [-0.05, 0) is 37.5 Å². The van der Waals surface area contributed by atoms with E-state index in [2.05, 4.69) is 13.8 Å². The number of unbranched alkanes of at least 4 members (excludes halogenated alkanes) is 1. The molecule has 2 N–H and O–H groups in total. The summed E-state index contributed by atoms with van der Waals surface area (Å²) < 4.78 is 0. The molecule has 2 nitrogen and oxygen atoms in total. The zero-order valence-electron chi connectivity index (χ0n) is 10.5. The topological polar surface area (TPSA) is 40.5 Å². The average molecular weight is 216 g/mol. The predicted octanol–water partition coefficient (Wildman–Crippen LogP) is 3.12. The lowest BCUT2D eigenvalue weighted by atomic mass is 9.73. The summed E-state index contributed by atoms with van der Waals surface area (Å²) in [6.07, 6.45) is 8.96. The van der Waals surface area contributed by atoms with E-state index in [1.807, 2.05) is 0 Å². The summed E-state index contributed by atoms with van der Waals surface area (Å²) in [5.74, 6) is 0. The molecule has 0 bridgehead atoms. The van der Waals surface area contributed by atoms with Gasteiger partial charge in [-0.1, -0.05) is 33.1 Å². The maximum atomic E-state index is 8.93. The van der Waals surface area contributed by atoms with E-state index in [-0.39, 0.29) is 0 Å². The minimum absolute atomic E-state index is 0.299. The number of hydrogen-bond acceptors (Lipinski definition) is 2. The molecule has 92 valence electrons. The molecule has 0 fully saturated rings. The zero-order valence-corrected chi connectivity index (χ0v) is 10.5. The Morgan fingerprint density at radius 1 is 0.800 bits per heavy atom. The number of aliphatic hydroxyl groups excluding tert-OH is 2. The van der Waals surface area contributed by atoms with E-state index in [1.165, 1.54) is 25.7 Å². The van der Waals surface area contributed by atoms with Crippen molar-refractivity contribution in [2.45, 2.75) is 65.2 Å². The van der Waals surface area contributed by atoms with Crippen molar-refractivity contribution in [1.29, 1.82) is 0 Å². The van der Waals surface area contributed by atoms with Gasteiger partial charge in [0.2, 0.25) is 0 Å². The molecule has 0 heterocycles. The van der Waals surface area contributed by atoms with Gasteiger partial charge in [0, 0.05) is 13.2 Å². The Kier molecular flexibility index (Phi) is 9.12. The van der Waals surface area contributed by atoms with Crippen LogP contribution in [0.15, 0.2) is 0 Å². The van der Waals surface area contributed by atoms with Crippen LogP contribution in [0.1, 0.15) is 65.2 Å². The van der Waals surface area contributed by atoms with E-state index in [0.717, 1.165) is 25.7 Å². The first-order chi connectivity index (χ1) is 7.24. The van der Waals surface area contributed by atoms with Crippen molar-refractivity contribution in [2.24, 2.45) is 5.41 Å². The molecule has 0 aliphatic carbocycles. The Morgan fingerprint density at radius 2 is 1.27 bits per heavy atom. The van der Waals surface area contributed by atoms with Gasteiger partial charge in [-0.15, -0.1) is 0 Å². The second kappa shape index (κ2) is 9.17. The van der Waals surface area contributed by atoms with Crippen molar-refractivity contribution in [2.75, 3.05) is 13.2 Å². The molecule has 0 aromatic rings. The van der Waals surface area contributed by atoms with Crippen molar-refractivity contribution in [3.63, 3.8) is 0 Å². The Morgan fingerprint density at radius 3 is 1.60 bits per heavy atom. The highest BCUT2D eigenvalue weighted by Gasteiger charge is 2.26. The molecule has 0 aliphatic rings. The molecule has 0 saturated heterocycles. The van der Waals surface area contributed by atoms with Crippen LogP contribution in [0.3, 0.4) is 0 Å². The lowest BCUT2D eigenvalue weighted by molar-refractivity contribution is 0.154. The molecule has 0 aromatic carbocycles. The maximum absolute atomic E-state index is 8.93. The molecule has 0 atom stereocenters. The molecular formula is C13H28O2. The minimum Gasteiger partial charge on any atom is -0.396 e. The highest BCUT2D eigenvalue weighted by molar-refractivity contribution is 4.78. The van der Waals surface area contributed by atoms with E-state index in [0.29, 0.717) is 18.6 Å². The Balaban J connectivity index is 4.16. The number of rotatable bonds is 10. The molecule has 0 amide bonds. The summed E-state index contributed by atoms with van der Waals surface area (Å²) in [4.78, 5) is 0. The molecule has 0 radical (unpaired) electrons. The summed E-state index contributed by atoms with van der Waals surface area (Å²) in [6.45, 7) is 5.06. The Hall–Kier alpha value is -0.0800. The van der Waals surface area contributed by atoms with Crippen LogP contribution in [0, 0.1) is 5.41 Å². The smallest absolute Gasteiger partial charge is 0.0431 e. The van der Waals surface area contributed by atoms with Gasteiger partial charge in [0.05, 0.1) is 0 Å². The fraction of sp³-hybridized carbons (Fsp3) is 1.00. The highest BCUT2D eigenvalue weighted by atomic mass is 16.3. The monoisotopic (exact) mass is 216 g/mol. The average Bonchev–Trinajstić information content (AvgIpc) is 2.29. The van der Waals surface area contributed by atoms with Crippen molar-refractivity contribution in [3.05, 3.63) is 0 Å². The van der Waals surface area contributed by atoms with Crippen LogP contribution in [0.5, 0.6) is 0 Å². The summed E-state index contributed by atoms with van der Waals surface area (Å²) in [5, 5.41) is 17.9. The third kappa shape index (κ3) is 6.16. The van der Waals surface area contributed by atoms with Crippen molar-refractivity contribution in [3.8, 4) is 0 Å². The van der Waals surface area contributed by atoms with Gasteiger partial charge in [-0.25, -0.2) is 0 Å². The largest absolute Gasteiger partial charge is 0.396 e. The van der Waals surface area contributed by atoms with E-state index in [4.69, 9.17) is 10.2 Å². The molecule has 0 spiro atoms. The van der Waals surface area contributed by atoms with Crippen LogP contribution in [0.4, 0.5) is 0 Å². The first kappa shape index (κ1) is 14.9. The lowest BCUT2D eigenvalue weighted by Gasteiger charge is -2.33. The third-order valence-electron chi connectivity index (χ3n) is 3.54. The van der Waals surface area contributed by atoms with Crippen LogP contribution < -0.4 is 0 Å². The molecule has 0 saturated carbocycles. The molecule has 0 rings (SSSR count). The van der Waals surface area contributed by atoms with Crippen molar-refractivity contribution >= 4 is 0 Å². The summed E-state index contributed by atoms with van der Waals surface area (Å²) >= 11 is 0. The molecule has 15 heavy (non-hydrogen) atoms. The van der Waals surface area contributed by atoms with Crippen LogP contribution in [0.2, 0.25) is 0 Å². The zero-order chi connectivity index (χ0) is 11.6. The minimum atomic E-state index is 0.299. The van der Waals surface area contributed by atoms with Gasteiger partial charge in [-0.2, -0.15) is 0 Å². The first-order valence-electron chi connectivity index (χ1n) is 6.46. The van der Waals surface area contributed by atoms with E-state index in [1.54, 1.807) is 0 Å². The Bertz CT molecular complexity index is 113. The van der Waals surface area contributed by atoms with Gasteiger partial charge in [0.25, 0.3) is 0 Å². The van der Waals surface area contributed by atoms with Gasteiger partial charge >= 0.3 is 0 Å².